The first-order valence-corrected chi connectivity index (χ1v) is 10.2. The first-order chi connectivity index (χ1) is 12.8. The average molecular weight is 379 g/mol. The van der Waals surface area contributed by atoms with Crippen molar-refractivity contribution >= 4 is 17.3 Å². The fraction of sp³-hybridized carbons (Fsp3) is 0.611. The Labute approximate surface area is 159 Å². The molecule has 2 heterocycles. The van der Waals surface area contributed by atoms with Crippen molar-refractivity contribution in [2.45, 2.75) is 39.7 Å². The number of aryl methyl sites for hydroxylation is 1. The Balaban J connectivity index is 1.77. The molecule has 0 saturated heterocycles. The lowest BCUT2D eigenvalue weighted by atomic mass is 10.3. The summed E-state index contributed by atoms with van der Waals surface area (Å²) in [7, 11) is 0. The number of ether oxygens (including phenoxy) is 1. The van der Waals surface area contributed by atoms with Gasteiger partial charge in [-0.1, -0.05) is 13.0 Å². The number of rotatable bonds is 12. The molecule has 0 atom stereocenters. The molecule has 0 aromatic carbocycles. The van der Waals surface area contributed by atoms with Crippen molar-refractivity contribution in [3.8, 4) is 0 Å². The van der Waals surface area contributed by atoms with Gasteiger partial charge in [-0.25, -0.2) is 0 Å². The maximum atomic E-state index is 5.38. The van der Waals surface area contributed by atoms with E-state index in [0.29, 0.717) is 0 Å². The Morgan fingerprint density at radius 3 is 2.96 bits per heavy atom. The van der Waals surface area contributed by atoms with Crippen LogP contribution in [-0.4, -0.2) is 53.6 Å². The van der Waals surface area contributed by atoms with Crippen LogP contribution in [0.1, 0.15) is 31.0 Å². The molecule has 0 aliphatic heterocycles. The molecule has 0 spiro atoms. The van der Waals surface area contributed by atoms with Crippen LogP contribution in [-0.2, 0) is 24.1 Å². The molecule has 0 unspecified atom stereocenters. The molecule has 2 aromatic rings. The largest absolute Gasteiger partial charge is 0.382 e. The predicted octanol–water partition coefficient (Wildman–Crippen LogP) is 2.11. The molecular weight excluding hydrogens is 348 g/mol. The minimum Gasteiger partial charge on any atom is -0.382 e. The second kappa shape index (κ2) is 12.4. The molecule has 7 nitrogen and oxygen atoms in total. The summed E-state index contributed by atoms with van der Waals surface area (Å²) in [5.74, 6) is 1.86. The van der Waals surface area contributed by atoms with Crippen LogP contribution >= 0.6 is 11.3 Å². The fourth-order valence-corrected chi connectivity index (χ4v) is 3.18. The summed E-state index contributed by atoms with van der Waals surface area (Å²) in [6.07, 6.45) is 4.60. The molecule has 26 heavy (non-hydrogen) atoms. The van der Waals surface area contributed by atoms with Crippen molar-refractivity contribution in [1.82, 2.24) is 25.4 Å². The van der Waals surface area contributed by atoms with E-state index in [1.54, 1.807) is 17.7 Å². The van der Waals surface area contributed by atoms with Crippen molar-refractivity contribution in [3.05, 3.63) is 34.5 Å². The third kappa shape index (κ3) is 7.53. The minimum atomic E-state index is 0.751. The van der Waals surface area contributed by atoms with Crippen molar-refractivity contribution in [1.29, 1.82) is 0 Å². The number of thiophene rings is 1. The Kier molecular flexibility index (Phi) is 9.74. The van der Waals surface area contributed by atoms with Gasteiger partial charge in [-0.05, 0) is 31.2 Å². The number of aromatic nitrogens is 3. The van der Waals surface area contributed by atoms with E-state index in [1.165, 1.54) is 4.88 Å². The third-order valence-electron chi connectivity index (χ3n) is 3.82. The molecule has 2 N–H and O–H groups in total. The Morgan fingerprint density at radius 2 is 2.19 bits per heavy atom. The number of hydrogen-bond donors (Lipinski definition) is 2. The molecule has 0 radical (unpaired) electrons. The van der Waals surface area contributed by atoms with Gasteiger partial charge in [0.15, 0.2) is 5.96 Å². The van der Waals surface area contributed by atoms with Gasteiger partial charge in [-0.15, -0.1) is 21.5 Å². The van der Waals surface area contributed by atoms with Gasteiger partial charge in [0.2, 0.25) is 0 Å². The van der Waals surface area contributed by atoms with Gasteiger partial charge >= 0.3 is 0 Å². The van der Waals surface area contributed by atoms with E-state index < -0.39 is 0 Å². The summed E-state index contributed by atoms with van der Waals surface area (Å²) >= 11 is 1.79. The van der Waals surface area contributed by atoms with Gasteiger partial charge in [-0.2, -0.15) is 0 Å². The fourth-order valence-electron chi connectivity index (χ4n) is 2.47. The van der Waals surface area contributed by atoms with Gasteiger partial charge < -0.3 is 19.9 Å². The van der Waals surface area contributed by atoms with Crippen LogP contribution in [0.25, 0.3) is 0 Å². The Hall–Kier alpha value is -1.93. The van der Waals surface area contributed by atoms with Gasteiger partial charge in [0.25, 0.3) is 0 Å². The van der Waals surface area contributed by atoms with E-state index in [2.05, 4.69) is 54.8 Å². The monoisotopic (exact) mass is 378 g/mol. The van der Waals surface area contributed by atoms with Crippen LogP contribution < -0.4 is 10.6 Å². The van der Waals surface area contributed by atoms with Crippen molar-refractivity contribution in [2.24, 2.45) is 4.99 Å². The Bertz CT molecular complexity index is 625. The zero-order chi connectivity index (χ0) is 18.5. The highest BCUT2D eigenvalue weighted by Gasteiger charge is 2.03. The highest BCUT2D eigenvalue weighted by Crippen LogP contribution is 2.07. The molecule has 8 heteroatoms. The number of hydrogen-bond acceptors (Lipinski definition) is 5. The third-order valence-corrected chi connectivity index (χ3v) is 4.76. The van der Waals surface area contributed by atoms with Crippen LogP contribution in [0.4, 0.5) is 0 Å². The SMILES string of the molecule is CCOCCCN=C(NCCc1cccs1)NCCn1cnnc1CC. The number of aliphatic imine (C=N–C) groups is 1. The lowest BCUT2D eigenvalue weighted by Gasteiger charge is -2.13. The van der Waals surface area contributed by atoms with E-state index >= 15 is 0 Å². The minimum absolute atomic E-state index is 0.751. The molecule has 144 valence electrons. The maximum Gasteiger partial charge on any atom is 0.191 e. The van der Waals surface area contributed by atoms with Crippen LogP contribution in [0.2, 0.25) is 0 Å². The molecule has 2 aromatic heterocycles. The first-order valence-electron chi connectivity index (χ1n) is 9.32. The molecule has 0 aliphatic rings. The smallest absolute Gasteiger partial charge is 0.191 e. The first kappa shape index (κ1) is 20.4. The molecule has 0 amide bonds. The van der Waals surface area contributed by atoms with Crippen LogP contribution in [0, 0.1) is 0 Å². The van der Waals surface area contributed by atoms with E-state index in [0.717, 1.165) is 70.4 Å². The molecule has 0 fully saturated rings. The van der Waals surface area contributed by atoms with E-state index in [9.17, 15) is 0 Å². The van der Waals surface area contributed by atoms with Crippen LogP contribution in [0.15, 0.2) is 28.8 Å². The van der Waals surface area contributed by atoms with Gasteiger partial charge in [0, 0.05) is 50.7 Å². The summed E-state index contributed by atoms with van der Waals surface area (Å²) in [5, 5.41) is 17.0. The highest BCUT2D eigenvalue weighted by molar-refractivity contribution is 7.09. The normalized spacial score (nSPS) is 11.7. The highest BCUT2D eigenvalue weighted by atomic mass is 32.1. The zero-order valence-corrected chi connectivity index (χ0v) is 16.6. The van der Waals surface area contributed by atoms with Crippen molar-refractivity contribution < 1.29 is 4.74 Å². The van der Waals surface area contributed by atoms with E-state index in [-0.39, 0.29) is 0 Å². The van der Waals surface area contributed by atoms with Crippen molar-refractivity contribution in [3.63, 3.8) is 0 Å². The summed E-state index contributed by atoms with van der Waals surface area (Å²) < 4.78 is 7.45. The summed E-state index contributed by atoms with van der Waals surface area (Å²) in [6.45, 7) is 8.83. The topological polar surface area (TPSA) is 76.4 Å². The quantitative estimate of drug-likeness (QED) is 0.336. The van der Waals surface area contributed by atoms with Crippen molar-refractivity contribution in [2.75, 3.05) is 32.8 Å². The summed E-state index contributed by atoms with van der Waals surface area (Å²) in [6, 6.07) is 4.25. The molecule has 0 bridgehead atoms. The molecule has 2 rings (SSSR count). The Morgan fingerprint density at radius 1 is 1.31 bits per heavy atom. The maximum absolute atomic E-state index is 5.38. The van der Waals surface area contributed by atoms with Crippen LogP contribution in [0.3, 0.4) is 0 Å². The standard InChI is InChI=1S/C18H30N6OS/c1-3-17-23-22-15-24(17)12-11-21-18(19-9-6-13-25-4-2)20-10-8-16-7-5-14-26-16/h5,7,14-15H,3-4,6,8-13H2,1-2H3,(H2,19,20,21). The average Bonchev–Trinajstić information content (AvgIpc) is 3.32. The number of nitrogens with zero attached hydrogens (tertiary/aromatic N) is 4. The van der Waals surface area contributed by atoms with E-state index in [4.69, 9.17) is 4.74 Å². The molecule has 0 aliphatic carbocycles. The van der Waals surface area contributed by atoms with Gasteiger partial charge in [-0.3, -0.25) is 4.99 Å². The lowest BCUT2D eigenvalue weighted by molar-refractivity contribution is 0.146. The number of nitrogens with one attached hydrogen (secondary N) is 2. The predicted molar refractivity (Wildman–Crippen MR) is 107 cm³/mol. The van der Waals surface area contributed by atoms with Gasteiger partial charge in [0.1, 0.15) is 12.2 Å². The molecule has 0 saturated carbocycles. The second-order valence-corrected chi connectivity index (χ2v) is 6.79. The summed E-state index contributed by atoms with van der Waals surface area (Å²) in [5.41, 5.74) is 0. The second-order valence-electron chi connectivity index (χ2n) is 5.76. The number of guanidine groups is 1. The zero-order valence-electron chi connectivity index (χ0n) is 15.8. The molecular formula is C18H30N6OS. The summed E-state index contributed by atoms with van der Waals surface area (Å²) in [4.78, 5) is 6.03. The van der Waals surface area contributed by atoms with Gasteiger partial charge in [0.05, 0.1) is 0 Å². The van der Waals surface area contributed by atoms with E-state index in [1.807, 2.05) is 6.92 Å². The van der Waals surface area contributed by atoms with Crippen LogP contribution in [0.5, 0.6) is 0 Å². The lowest BCUT2D eigenvalue weighted by Crippen LogP contribution is -2.40.